The van der Waals surface area contributed by atoms with Crippen LogP contribution in [0, 0.1) is 0 Å². The van der Waals surface area contributed by atoms with Crippen LogP contribution in [-0.2, 0) is 17.1 Å². The Morgan fingerprint density at radius 1 is 1.22 bits per heavy atom. The van der Waals surface area contributed by atoms with Gasteiger partial charge in [0.05, 0.1) is 12.2 Å². The highest BCUT2D eigenvalue weighted by Gasteiger charge is 2.23. The zero-order valence-electron chi connectivity index (χ0n) is 13.8. The van der Waals surface area contributed by atoms with E-state index in [-0.39, 0.29) is 10.9 Å². The molecule has 6 nitrogen and oxygen atoms in total. The maximum Gasteiger partial charge on any atom is 0.244 e. The van der Waals surface area contributed by atoms with E-state index in [1.807, 2.05) is 30.3 Å². The molecule has 1 N–H and O–H groups in total. The second kappa shape index (κ2) is 7.72. The minimum atomic E-state index is -3.61. The quantitative estimate of drug-likeness (QED) is 0.798. The van der Waals surface area contributed by atoms with Crippen molar-refractivity contribution in [2.24, 2.45) is 7.05 Å². The third-order valence-electron chi connectivity index (χ3n) is 3.83. The molecule has 1 atom stereocenters. The van der Waals surface area contributed by atoms with Crippen molar-refractivity contribution in [3.63, 3.8) is 0 Å². The lowest BCUT2D eigenvalue weighted by molar-refractivity contribution is 0.277. The minimum absolute atomic E-state index is 0.181. The van der Waals surface area contributed by atoms with Crippen LogP contribution in [0.2, 0.25) is 0 Å². The summed E-state index contributed by atoms with van der Waals surface area (Å²) >= 11 is 0. The zero-order chi connectivity index (χ0) is 16.9. The van der Waals surface area contributed by atoms with Crippen LogP contribution in [-0.4, -0.2) is 42.7 Å². The standard InChI is InChI=1S/C16H24N4O2S/c1-4-20(5-2)13-16(14-9-7-6-8-10-14)18-23(21,22)15-11-17-19(3)12-15/h6-12,16,18H,4-5,13H2,1-3H3. The summed E-state index contributed by atoms with van der Waals surface area (Å²) in [6.45, 7) is 6.50. The largest absolute Gasteiger partial charge is 0.302 e. The van der Waals surface area contributed by atoms with Crippen LogP contribution in [0.25, 0.3) is 0 Å². The van der Waals surface area contributed by atoms with Gasteiger partial charge in [-0.15, -0.1) is 0 Å². The predicted octanol–water partition coefficient (Wildman–Crippen LogP) is 1.78. The van der Waals surface area contributed by atoms with E-state index in [1.54, 1.807) is 7.05 Å². The third-order valence-corrected chi connectivity index (χ3v) is 5.25. The van der Waals surface area contributed by atoms with Gasteiger partial charge < -0.3 is 4.90 Å². The molecule has 1 unspecified atom stereocenters. The molecule has 0 amide bonds. The SMILES string of the molecule is CCN(CC)CC(NS(=O)(=O)c1cnn(C)c1)c1ccccc1. The van der Waals surface area contributed by atoms with E-state index >= 15 is 0 Å². The van der Waals surface area contributed by atoms with Gasteiger partial charge in [-0.05, 0) is 18.7 Å². The summed E-state index contributed by atoms with van der Waals surface area (Å²) in [7, 11) is -1.91. The molecular weight excluding hydrogens is 312 g/mol. The summed E-state index contributed by atoms with van der Waals surface area (Å²) < 4.78 is 29.5. The minimum Gasteiger partial charge on any atom is -0.302 e. The Labute approximate surface area is 138 Å². The first-order valence-electron chi connectivity index (χ1n) is 7.74. The molecule has 23 heavy (non-hydrogen) atoms. The van der Waals surface area contributed by atoms with Crippen LogP contribution in [0.1, 0.15) is 25.5 Å². The number of aryl methyl sites for hydroxylation is 1. The molecule has 0 aliphatic rings. The fourth-order valence-corrected chi connectivity index (χ4v) is 3.63. The van der Waals surface area contributed by atoms with Crippen molar-refractivity contribution in [2.75, 3.05) is 19.6 Å². The average molecular weight is 336 g/mol. The molecule has 0 saturated carbocycles. The zero-order valence-corrected chi connectivity index (χ0v) is 14.6. The van der Waals surface area contributed by atoms with Crippen molar-refractivity contribution < 1.29 is 8.42 Å². The second-order valence-corrected chi connectivity index (χ2v) is 7.13. The van der Waals surface area contributed by atoms with Gasteiger partial charge in [0.25, 0.3) is 0 Å². The van der Waals surface area contributed by atoms with Crippen molar-refractivity contribution in [3.8, 4) is 0 Å². The molecule has 0 aliphatic carbocycles. The van der Waals surface area contributed by atoms with E-state index < -0.39 is 10.0 Å². The summed E-state index contributed by atoms with van der Waals surface area (Å²) in [6.07, 6.45) is 2.86. The number of sulfonamides is 1. The maximum atomic E-state index is 12.6. The molecule has 0 bridgehead atoms. The Morgan fingerprint density at radius 2 is 1.87 bits per heavy atom. The molecule has 126 valence electrons. The molecule has 1 aromatic carbocycles. The molecule has 0 saturated heterocycles. The summed E-state index contributed by atoms with van der Waals surface area (Å²) in [5.74, 6) is 0. The number of benzene rings is 1. The highest BCUT2D eigenvalue weighted by molar-refractivity contribution is 7.89. The smallest absolute Gasteiger partial charge is 0.244 e. The van der Waals surface area contributed by atoms with E-state index in [4.69, 9.17) is 0 Å². The van der Waals surface area contributed by atoms with Gasteiger partial charge in [-0.25, -0.2) is 13.1 Å². The van der Waals surface area contributed by atoms with Gasteiger partial charge in [0.1, 0.15) is 4.90 Å². The van der Waals surface area contributed by atoms with E-state index in [0.29, 0.717) is 6.54 Å². The van der Waals surface area contributed by atoms with Crippen molar-refractivity contribution in [2.45, 2.75) is 24.8 Å². The Balaban J connectivity index is 2.27. The Morgan fingerprint density at radius 3 is 2.39 bits per heavy atom. The third kappa shape index (κ3) is 4.63. The number of nitrogens with zero attached hydrogens (tertiary/aromatic N) is 3. The van der Waals surface area contributed by atoms with Gasteiger partial charge in [-0.3, -0.25) is 4.68 Å². The first kappa shape index (κ1) is 17.7. The van der Waals surface area contributed by atoms with Gasteiger partial charge in [0, 0.05) is 19.8 Å². The monoisotopic (exact) mass is 336 g/mol. The van der Waals surface area contributed by atoms with Crippen LogP contribution in [0.4, 0.5) is 0 Å². The fraction of sp³-hybridized carbons (Fsp3) is 0.438. The van der Waals surface area contributed by atoms with Gasteiger partial charge >= 0.3 is 0 Å². The lowest BCUT2D eigenvalue weighted by Crippen LogP contribution is -2.38. The van der Waals surface area contributed by atoms with E-state index in [9.17, 15) is 8.42 Å². The number of hydrogen-bond acceptors (Lipinski definition) is 4. The first-order chi connectivity index (χ1) is 11.0. The van der Waals surface area contributed by atoms with E-state index in [0.717, 1.165) is 18.7 Å². The molecule has 0 aliphatic heterocycles. The number of rotatable bonds is 8. The lowest BCUT2D eigenvalue weighted by Gasteiger charge is -2.26. The van der Waals surface area contributed by atoms with Crippen LogP contribution < -0.4 is 4.72 Å². The van der Waals surface area contributed by atoms with Crippen LogP contribution in [0.5, 0.6) is 0 Å². The normalized spacial score (nSPS) is 13.4. The molecule has 0 fully saturated rings. The van der Waals surface area contributed by atoms with Crippen molar-refractivity contribution in [3.05, 3.63) is 48.3 Å². The lowest BCUT2D eigenvalue weighted by atomic mass is 10.1. The Hall–Kier alpha value is -1.70. The molecule has 1 heterocycles. The van der Waals surface area contributed by atoms with Gasteiger partial charge in [-0.1, -0.05) is 44.2 Å². The van der Waals surface area contributed by atoms with Crippen LogP contribution in [0.3, 0.4) is 0 Å². The van der Waals surface area contributed by atoms with Gasteiger partial charge in [0.2, 0.25) is 10.0 Å². The van der Waals surface area contributed by atoms with E-state index in [2.05, 4.69) is 28.6 Å². The molecule has 0 spiro atoms. The number of nitrogens with one attached hydrogen (secondary N) is 1. The van der Waals surface area contributed by atoms with Crippen molar-refractivity contribution in [1.29, 1.82) is 0 Å². The number of hydrogen-bond donors (Lipinski definition) is 1. The molecule has 2 rings (SSSR count). The van der Waals surface area contributed by atoms with E-state index in [1.165, 1.54) is 17.1 Å². The summed E-state index contributed by atoms with van der Waals surface area (Å²) in [5.41, 5.74) is 0.951. The van der Waals surface area contributed by atoms with Crippen LogP contribution >= 0.6 is 0 Å². The predicted molar refractivity (Wildman–Crippen MR) is 90.5 cm³/mol. The summed E-state index contributed by atoms with van der Waals surface area (Å²) in [4.78, 5) is 2.38. The summed E-state index contributed by atoms with van der Waals surface area (Å²) in [6, 6.07) is 9.35. The highest BCUT2D eigenvalue weighted by Crippen LogP contribution is 2.18. The fourth-order valence-electron chi connectivity index (χ4n) is 2.43. The molecule has 0 radical (unpaired) electrons. The molecule has 7 heteroatoms. The maximum absolute atomic E-state index is 12.6. The summed E-state index contributed by atoms with van der Waals surface area (Å²) in [5, 5.41) is 3.94. The molecule has 2 aromatic rings. The average Bonchev–Trinajstić information content (AvgIpc) is 2.99. The second-order valence-electron chi connectivity index (χ2n) is 5.42. The van der Waals surface area contributed by atoms with Crippen LogP contribution in [0.15, 0.2) is 47.6 Å². The van der Waals surface area contributed by atoms with Crippen molar-refractivity contribution >= 4 is 10.0 Å². The highest BCUT2D eigenvalue weighted by atomic mass is 32.2. The number of likely N-dealkylation sites (N-methyl/N-ethyl adjacent to an activating group) is 1. The number of aromatic nitrogens is 2. The Bertz CT molecular complexity index is 709. The van der Waals surface area contributed by atoms with Gasteiger partial charge in [-0.2, -0.15) is 5.10 Å². The van der Waals surface area contributed by atoms with Gasteiger partial charge in [0.15, 0.2) is 0 Å². The molecular formula is C16H24N4O2S. The Kier molecular flexibility index (Phi) is 5.92. The first-order valence-corrected chi connectivity index (χ1v) is 9.22. The molecule has 1 aromatic heterocycles. The topological polar surface area (TPSA) is 67.2 Å². The van der Waals surface area contributed by atoms with Crippen molar-refractivity contribution in [1.82, 2.24) is 19.4 Å².